The summed E-state index contributed by atoms with van der Waals surface area (Å²) in [5.74, 6) is -2.71. The molecular formula is C14H14BrF2N2O2. The van der Waals surface area contributed by atoms with Gasteiger partial charge in [0.2, 0.25) is 0 Å². The number of aldehydes is 1. The number of nitrogens with zero attached hydrogens (tertiary/aromatic N) is 1. The maximum atomic E-state index is 13.0. The first-order valence-corrected chi connectivity index (χ1v) is 7.22. The van der Waals surface area contributed by atoms with E-state index in [0.717, 1.165) is 4.47 Å². The molecule has 1 radical (unpaired) electrons. The van der Waals surface area contributed by atoms with E-state index in [1.54, 1.807) is 24.3 Å². The van der Waals surface area contributed by atoms with Crippen LogP contribution in [0.4, 0.5) is 13.6 Å². The third-order valence-electron chi connectivity index (χ3n) is 3.30. The number of likely N-dealkylation sites (tertiary alicyclic amines) is 1. The highest BCUT2D eigenvalue weighted by atomic mass is 79.9. The van der Waals surface area contributed by atoms with Gasteiger partial charge in [-0.25, -0.2) is 13.6 Å². The standard InChI is InChI=1S/C14H14BrF2N2O2/c15-11-3-1-10(2-4-11)12(9-20)18-13(21)19-7-5-14(16,17)6-8-19/h1-4,9H,5-8H2,(H,18,21). The van der Waals surface area contributed by atoms with Crippen molar-refractivity contribution in [2.75, 3.05) is 13.1 Å². The van der Waals surface area contributed by atoms with Gasteiger partial charge in [-0.3, -0.25) is 0 Å². The molecule has 1 saturated heterocycles. The van der Waals surface area contributed by atoms with Gasteiger partial charge in [-0.15, -0.1) is 0 Å². The van der Waals surface area contributed by atoms with Crippen molar-refractivity contribution in [3.05, 3.63) is 40.3 Å². The second kappa shape index (κ2) is 6.51. The van der Waals surface area contributed by atoms with E-state index in [0.29, 0.717) is 11.8 Å². The van der Waals surface area contributed by atoms with Crippen LogP contribution in [0.15, 0.2) is 28.7 Å². The van der Waals surface area contributed by atoms with Gasteiger partial charge in [-0.05, 0) is 17.7 Å². The monoisotopic (exact) mass is 359 g/mol. The van der Waals surface area contributed by atoms with Crippen molar-refractivity contribution in [1.82, 2.24) is 10.2 Å². The lowest BCUT2D eigenvalue weighted by Gasteiger charge is -2.32. The van der Waals surface area contributed by atoms with Crippen molar-refractivity contribution in [2.45, 2.75) is 18.8 Å². The van der Waals surface area contributed by atoms with Crippen LogP contribution in [-0.4, -0.2) is 36.2 Å². The zero-order chi connectivity index (χ0) is 15.5. The molecule has 1 aliphatic rings. The lowest BCUT2D eigenvalue weighted by molar-refractivity contribution is -0.106. The first-order chi connectivity index (χ1) is 9.91. The molecule has 0 spiro atoms. The minimum atomic E-state index is -2.71. The number of hydrogen-bond donors (Lipinski definition) is 1. The van der Waals surface area contributed by atoms with E-state index in [1.807, 2.05) is 0 Å². The fraction of sp³-hybridized carbons (Fsp3) is 0.357. The SMILES string of the molecule is O=C[C](NC(=O)N1CCC(F)(F)CC1)c1ccc(Br)cc1. The molecule has 1 N–H and O–H groups in total. The summed E-state index contributed by atoms with van der Waals surface area (Å²) in [6.07, 6.45) is -0.163. The molecule has 113 valence electrons. The smallest absolute Gasteiger partial charge is 0.318 e. The number of carbonyl (C=O) groups is 2. The quantitative estimate of drug-likeness (QED) is 0.843. The number of hydrogen-bond acceptors (Lipinski definition) is 2. The summed E-state index contributed by atoms with van der Waals surface area (Å²) in [4.78, 5) is 24.4. The number of rotatable bonds is 3. The molecule has 0 saturated carbocycles. The van der Waals surface area contributed by atoms with Crippen LogP contribution in [0, 0.1) is 6.04 Å². The molecule has 4 nitrogen and oxygen atoms in total. The van der Waals surface area contributed by atoms with Gasteiger partial charge in [0.1, 0.15) is 0 Å². The molecule has 2 amide bonds. The molecule has 0 bridgehead atoms. The fourth-order valence-electron chi connectivity index (χ4n) is 2.03. The van der Waals surface area contributed by atoms with Crippen molar-refractivity contribution in [3.8, 4) is 0 Å². The van der Waals surface area contributed by atoms with Crippen LogP contribution in [0.2, 0.25) is 0 Å². The first-order valence-electron chi connectivity index (χ1n) is 6.43. The zero-order valence-corrected chi connectivity index (χ0v) is 12.7. The van der Waals surface area contributed by atoms with Crippen LogP contribution >= 0.6 is 15.9 Å². The summed E-state index contributed by atoms with van der Waals surface area (Å²) in [7, 11) is 0. The lowest BCUT2D eigenvalue weighted by Crippen LogP contribution is -2.48. The van der Waals surface area contributed by atoms with E-state index >= 15 is 0 Å². The largest absolute Gasteiger partial charge is 0.324 e. The van der Waals surface area contributed by atoms with E-state index in [4.69, 9.17) is 0 Å². The molecule has 1 fully saturated rings. The summed E-state index contributed by atoms with van der Waals surface area (Å²) in [6.45, 7) is -0.0450. The first kappa shape index (κ1) is 15.9. The number of amides is 2. The molecule has 0 atom stereocenters. The third-order valence-corrected chi connectivity index (χ3v) is 3.83. The summed E-state index contributed by atoms with van der Waals surface area (Å²) >= 11 is 3.28. The maximum absolute atomic E-state index is 13.0. The normalized spacial score (nSPS) is 17.6. The highest BCUT2D eigenvalue weighted by molar-refractivity contribution is 9.10. The van der Waals surface area contributed by atoms with Crippen molar-refractivity contribution in [2.24, 2.45) is 0 Å². The Morgan fingerprint density at radius 1 is 1.24 bits per heavy atom. The van der Waals surface area contributed by atoms with E-state index in [1.165, 1.54) is 4.90 Å². The highest BCUT2D eigenvalue weighted by Crippen LogP contribution is 2.27. The van der Waals surface area contributed by atoms with Crippen molar-refractivity contribution in [1.29, 1.82) is 0 Å². The molecule has 0 aromatic heterocycles. The summed E-state index contributed by atoms with van der Waals surface area (Å²) in [5.41, 5.74) is 0.559. The maximum Gasteiger partial charge on any atom is 0.318 e. The van der Waals surface area contributed by atoms with Gasteiger partial charge in [-0.1, -0.05) is 28.1 Å². The predicted octanol–water partition coefficient (Wildman–Crippen LogP) is 2.97. The summed E-state index contributed by atoms with van der Waals surface area (Å²) < 4.78 is 26.9. The number of halogens is 3. The molecule has 2 rings (SSSR count). The summed E-state index contributed by atoms with van der Waals surface area (Å²) in [5, 5.41) is 2.47. The number of piperidine rings is 1. The van der Waals surface area contributed by atoms with Gasteiger partial charge in [0.25, 0.3) is 5.92 Å². The van der Waals surface area contributed by atoms with Crippen LogP contribution in [0.25, 0.3) is 0 Å². The van der Waals surface area contributed by atoms with Crippen molar-refractivity contribution < 1.29 is 18.4 Å². The van der Waals surface area contributed by atoms with E-state index in [9.17, 15) is 18.4 Å². The Kier molecular flexibility index (Phi) is 4.92. The fourth-order valence-corrected chi connectivity index (χ4v) is 2.29. The molecule has 0 unspecified atom stereocenters. The number of alkyl halides is 2. The van der Waals surface area contributed by atoms with Gasteiger partial charge in [0, 0.05) is 30.4 Å². The van der Waals surface area contributed by atoms with Crippen molar-refractivity contribution in [3.63, 3.8) is 0 Å². The number of carbonyl (C=O) groups excluding carboxylic acids is 2. The Morgan fingerprint density at radius 3 is 2.33 bits per heavy atom. The number of urea groups is 1. The van der Waals surface area contributed by atoms with E-state index in [-0.39, 0.29) is 32.0 Å². The molecule has 21 heavy (non-hydrogen) atoms. The lowest BCUT2D eigenvalue weighted by atomic mass is 10.1. The second-order valence-electron chi connectivity index (χ2n) is 4.81. The van der Waals surface area contributed by atoms with Crippen LogP contribution in [-0.2, 0) is 4.79 Å². The highest BCUT2D eigenvalue weighted by Gasteiger charge is 2.36. The van der Waals surface area contributed by atoms with Crippen LogP contribution in [0.5, 0.6) is 0 Å². The number of benzene rings is 1. The average Bonchev–Trinajstić information content (AvgIpc) is 2.45. The summed E-state index contributed by atoms with van der Waals surface area (Å²) in [6, 6.07) is 6.43. The van der Waals surface area contributed by atoms with Gasteiger partial charge < -0.3 is 15.0 Å². The molecule has 7 heteroatoms. The molecule has 1 heterocycles. The molecule has 1 aliphatic heterocycles. The molecule has 1 aromatic rings. The Labute approximate surface area is 129 Å². The predicted molar refractivity (Wildman–Crippen MR) is 76.8 cm³/mol. The van der Waals surface area contributed by atoms with Gasteiger partial charge in [0.05, 0.1) is 0 Å². The second-order valence-corrected chi connectivity index (χ2v) is 5.73. The van der Waals surface area contributed by atoms with Crippen LogP contribution in [0.3, 0.4) is 0 Å². The van der Waals surface area contributed by atoms with Gasteiger partial charge in [-0.2, -0.15) is 0 Å². The zero-order valence-electron chi connectivity index (χ0n) is 11.1. The van der Waals surface area contributed by atoms with E-state index in [2.05, 4.69) is 21.2 Å². The topological polar surface area (TPSA) is 49.4 Å². The minimum absolute atomic E-state index is 0.0225. The minimum Gasteiger partial charge on any atom is -0.324 e. The van der Waals surface area contributed by atoms with Crippen LogP contribution < -0.4 is 5.32 Å². The Hall–Kier alpha value is -1.50. The number of nitrogens with one attached hydrogen (secondary N) is 1. The molecule has 1 aromatic carbocycles. The molecular weight excluding hydrogens is 346 g/mol. The van der Waals surface area contributed by atoms with Gasteiger partial charge >= 0.3 is 6.03 Å². The molecule has 0 aliphatic carbocycles. The van der Waals surface area contributed by atoms with E-state index < -0.39 is 12.0 Å². The average molecular weight is 360 g/mol. The van der Waals surface area contributed by atoms with Crippen LogP contribution in [0.1, 0.15) is 18.4 Å². The Balaban J connectivity index is 1.97. The van der Waals surface area contributed by atoms with Crippen molar-refractivity contribution >= 4 is 28.2 Å². The van der Waals surface area contributed by atoms with Gasteiger partial charge in [0.15, 0.2) is 12.3 Å². The third kappa shape index (κ3) is 4.23. The Bertz CT molecular complexity index is 512. The Morgan fingerprint density at radius 2 is 1.81 bits per heavy atom.